The standard InChI is InChI=1S/C7H6ClNO3/c8-3-5-1-2-9(12)4-6(5)7(10)11/h1-2,4H,3H2,(H,10,11). The van der Waals surface area contributed by atoms with Crippen molar-refractivity contribution in [2.75, 3.05) is 0 Å². The Morgan fingerprint density at radius 2 is 2.42 bits per heavy atom. The van der Waals surface area contributed by atoms with Crippen molar-refractivity contribution in [3.05, 3.63) is 34.8 Å². The molecule has 0 atom stereocenters. The first-order valence-corrected chi connectivity index (χ1v) is 3.69. The summed E-state index contributed by atoms with van der Waals surface area (Å²) in [5, 5.41) is 19.3. The van der Waals surface area contributed by atoms with Crippen LogP contribution in [0.5, 0.6) is 0 Å². The Balaban J connectivity index is 3.21. The first kappa shape index (κ1) is 8.80. The van der Waals surface area contributed by atoms with Crippen LogP contribution >= 0.6 is 11.6 Å². The Morgan fingerprint density at radius 3 is 2.92 bits per heavy atom. The van der Waals surface area contributed by atoms with E-state index in [0.29, 0.717) is 10.3 Å². The van der Waals surface area contributed by atoms with Gasteiger partial charge >= 0.3 is 5.97 Å². The van der Waals surface area contributed by atoms with E-state index in [0.717, 1.165) is 6.20 Å². The summed E-state index contributed by atoms with van der Waals surface area (Å²) in [6.07, 6.45) is 2.20. The quantitative estimate of drug-likeness (QED) is 0.422. The SMILES string of the molecule is O=C(O)c1c[n+]([O-])ccc1CCl. The number of aromatic carboxylic acids is 1. The lowest BCUT2D eigenvalue weighted by Crippen LogP contribution is -2.26. The van der Waals surface area contributed by atoms with Crippen LogP contribution in [0, 0.1) is 5.21 Å². The minimum atomic E-state index is -1.14. The second kappa shape index (κ2) is 3.40. The van der Waals surface area contributed by atoms with E-state index in [1.807, 2.05) is 0 Å². The van der Waals surface area contributed by atoms with Crippen LogP contribution < -0.4 is 4.73 Å². The van der Waals surface area contributed by atoms with Gasteiger partial charge in [0.25, 0.3) is 0 Å². The van der Waals surface area contributed by atoms with Crippen molar-refractivity contribution in [2.45, 2.75) is 5.88 Å². The molecule has 0 saturated heterocycles. The second-order valence-electron chi connectivity index (χ2n) is 2.18. The zero-order chi connectivity index (χ0) is 9.14. The summed E-state index contributed by atoms with van der Waals surface area (Å²) in [5.41, 5.74) is 0.388. The minimum absolute atomic E-state index is 0.0532. The zero-order valence-corrected chi connectivity index (χ0v) is 6.78. The van der Waals surface area contributed by atoms with Gasteiger partial charge in [0.2, 0.25) is 0 Å². The van der Waals surface area contributed by atoms with Crippen LogP contribution in [0.4, 0.5) is 0 Å². The molecule has 5 heteroatoms. The van der Waals surface area contributed by atoms with Crippen molar-refractivity contribution in [2.24, 2.45) is 0 Å². The molecule has 0 spiro atoms. The van der Waals surface area contributed by atoms with E-state index in [4.69, 9.17) is 16.7 Å². The number of alkyl halides is 1. The Morgan fingerprint density at radius 1 is 1.75 bits per heavy atom. The zero-order valence-electron chi connectivity index (χ0n) is 6.03. The monoisotopic (exact) mass is 187 g/mol. The molecule has 64 valence electrons. The van der Waals surface area contributed by atoms with Crippen LogP contribution in [0.2, 0.25) is 0 Å². The van der Waals surface area contributed by atoms with Crippen molar-refractivity contribution < 1.29 is 14.6 Å². The molecule has 0 aliphatic carbocycles. The number of carbonyl (C=O) groups is 1. The fraction of sp³-hybridized carbons (Fsp3) is 0.143. The predicted octanol–water partition coefficient (Wildman–Crippen LogP) is 0.757. The van der Waals surface area contributed by atoms with Gasteiger partial charge in [-0.15, -0.1) is 11.6 Å². The Hall–Kier alpha value is -1.29. The van der Waals surface area contributed by atoms with Crippen molar-refractivity contribution in [1.29, 1.82) is 0 Å². The lowest BCUT2D eigenvalue weighted by Gasteiger charge is -2.01. The van der Waals surface area contributed by atoms with Crippen molar-refractivity contribution in [3.63, 3.8) is 0 Å². The summed E-state index contributed by atoms with van der Waals surface area (Å²) in [4.78, 5) is 10.5. The van der Waals surface area contributed by atoms with E-state index in [1.165, 1.54) is 12.3 Å². The Kier molecular flexibility index (Phi) is 2.50. The average molecular weight is 188 g/mol. The van der Waals surface area contributed by atoms with Gasteiger partial charge in [0.1, 0.15) is 5.56 Å². The summed E-state index contributed by atoms with van der Waals surface area (Å²) in [5.74, 6) is -1.06. The van der Waals surface area contributed by atoms with Gasteiger partial charge in [0, 0.05) is 11.9 Å². The smallest absolute Gasteiger partial charge is 0.342 e. The fourth-order valence-corrected chi connectivity index (χ4v) is 1.05. The van der Waals surface area contributed by atoms with Gasteiger partial charge in [-0.3, -0.25) is 0 Å². The highest BCUT2D eigenvalue weighted by Gasteiger charge is 2.12. The van der Waals surface area contributed by atoms with Crippen LogP contribution in [0.3, 0.4) is 0 Å². The van der Waals surface area contributed by atoms with E-state index in [9.17, 15) is 10.0 Å². The molecule has 1 N–H and O–H groups in total. The number of hydrogen-bond donors (Lipinski definition) is 1. The van der Waals surface area contributed by atoms with Crippen LogP contribution in [-0.2, 0) is 5.88 Å². The third-order valence-electron chi connectivity index (χ3n) is 1.40. The topological polar surface area (TPSA) is 64.2 Å². The molecule has 0 aliphatic heterocycles. The van der Waals surface area contributed by atoms with E-state index in [2.05, 4.69) is 0 Å². The molecule has 0 fully saturated rings. The Labute approximate surface area is 73.6 Å². The molecule has 0 unspecified atom stereocenters. The molecule has 0 amide bonds. The summed E-state index contributed by atoms with van der Waals surface area (Å²) in [6, 6.07) is 1.39. The van der Waals surface area contributed by atoms with Crippen molar-refractivity contribution in [1.82, 2.24) is 0 Å². The fourth-order valence-electron chi connectivity index (χ4n) is 0.815. The molecule has 1 rings (SSSR count). The number of aromatic nitrogens is 1. The first-order chi connectivity index (χ1) is 5.65. The molecule has 4 nitrogen and oxygen atoms in total. The molecule has 0 saturated carbocycles. The number of carboxylic acid groups (broad SMARTS) is 1. The molecule has 0 aromatic carbocycles. The van der Waals surface area contributed by atoms with E-state index in [1.54, 1.807) is 0 Å². The van der Waals surface area contributed by atoms with Gasteiger partial charge in [0.15, 0.2) is 12.4 Å². The van der Waals surface area contributed by atoms with Gasteiger partial charge < -0.3 is 10.3 Å². The third kappa shape index (κ3) is 1.65. The summed E-state index contributed by atoms with van der Waals surface area (Å²) in [6.45, 7) is 0. The first-order valence-electron chi connectivity index (χ1n) is 3.16. The van der Waals surface area contributed by atoms with Gasteiger partial charge in [-0.05, 0) is 5.56 Å². The van der Waals surface area contributed by atoms with Gasteiger partial charge in [-0.2, -0.15) is 4.73 Å². The van der Waals surface area contributed by atoms with Gasteiger partial charge in [0.05, 0.1) is 0 Å². The molecular formula is C7H6ClNO3. The highest BCUT2D eigenvalue weighted by Crippen LogP contribution is 2.08. The van der Waals surface area contributed by atoms with Crippen molar-refractivity contribution in [3.8, 4) is 0 Å². The molecule has 0 bridgehead atoms. The van der Waals surface area contributed by atoms with E-state index >= 15 is 0 Å². The molecule has 0 radical (unpaired) electrons. The number of carboxylic acids is 1. The number of halogens is 1. The number of pyridine rings is 1. The lowest BCUT2D eigenvalue weighted by molar-refractivity contribution is -0.605. The maximum atomic E-state index is 10.7. The summed E-state index contributed by atoms with van der Waals surface area (Å²) >= 11 is 5.45. The number of hydrogen-bond acceptors (Lipinski definition) is 2. The largest absolute Gasteiger partial charge is 0.619 e. The van der Waals surface area contributed by atoms with E-state index in [-0.39, 0.29) is 11.4 Å². The number of rotatable bonds is 2. The van der Waals surface area contributed by atoms with Crippen LogP contribution in [0.25, 0.3) is 0 Å². The molecule has 1 heterocycles. The molecule has 1 aromatic heterocycles. The van der Waals surface area contributed by atoms with Crippen molar-refractivity contribution >= 4 is 17.6 Å². The lowest BCUT2D eigenvalue weighted by atomic mass is 10.2. The number of nitrogens with zero attached hydrogens (tertiary/aromatic N) is 1. The predicted molar refractivity (Wildman–Crippen MR) is 41.9 cm³/mol. The highest BCUT2D eigenvalue weighted by molar-refractivity contribution is 6.17. The van der Waals surface area contributed by atoms with Crippen LogP contribution in [0.1, 0.15) is 15.9 Å². The Bertz CT molecular complexity index is 314. The average Bonchev–Trinajstić information content (AvgIpc) is 2.04. The molecular weight excluding hydrogens is 182 g/mol. The summed E-state index contributed by atoms with van der Waals surface area (Å²) < 4.78 is 0.430. The summed E-state index contributed by atoms with van der Waals surface area (Å²) in [7, 11) is 0. The molecule has 1 aromatic rings. The second-order valence-corrected chi connectivity index (χ2v) is 2.45. The molecule has 0 aliphatic rings. The van der Waals surface area contributed by atoms with Crippen LogP contribution in [0.15, 0.2) is 18.5 Å². The minimum Gasteiger partial charge on any atom is -0.619 e. The normalized spacial score (nSPS) is 9.75. The van der Waals surface area contributed by atoms with E-state index < -0.39 is 5.97 Å². The maximum Gasteiger partial charge on any atom is 0.342 e. The van der Waals surface area contributed by atoms with Gasteiger partial charge in [-0.25, -0.2) is 4.79 Å². The highest BCUT2D eigenvalue weighted by atomic mass is 35.5. The van der Waals surface area contributed by atoms with Crippen LogP contribution in [-0.4, -0.2) is 11.1 Å². The van der Waals surface area contributed by atoms with Gasteiger partial charge in [-0.1, -0.05) is 0 Å². The molecule has 12 heavy (non-hydrogen) atoms. The third-order valence-corrected chi connectivity index (χ3v) is 1.69. The maximum absolute atomic E-state index is 10.7.